The fourth-order valence-electron chi connectivity index (χ4n) is 2.70. The van der Waals surface area contributed by atoms with Crippen molar-refractivity contribution in [2.45, 2.75) is 26.2 Å². The molecule has 2 aromatic rings. The topological polar surface area (TPSA) is 72.8 Å². The maximum Gasteiger partial charge on any atom is 0.330 e. The first kappa shape index (κ1) is 20.2. The molecule has 0 bridgehead atoms. The first-order chi connectivity index (χ1) is 12.8. The van der Waals surface area contributed by atoms with Crippen LogP contribution in [0.15, 0.2) is 55.1 Å². The van der Waals surface area contributed by atoms with Crippen LogP contribution in [0.25, 0.3) is 0 Å². The molecule has 0 spiro atoms. The number of aromatic hydroxyl groups is 1. The Morgan fingerprint density at radius 3 is 2.33 bits per heavy atom. The van der Waals surface area contributed by atoms with Gasteiger partial charge in [-0.3, -0.25) is 4.79 Å². The Morgan fingerprint density at radius 2 is 1.74 bits per heavy atom. The van der Waals surface area contributed by atoms with Crippen LogP contribution < -0.4 is 4.74 Å². The van der Waals surface area contributed by atoms with Gasteiger partial charge in [-0.15, -0.1) is 0 Å². The van der Waals surface area contributed by atoms with Crippen molar-refractivity contribution in [3.05, 3.63) is 71.8 Å². The maximum atomic E-state index is 12.8. The highest BCUT2D eigenvalue weighted by atomic mass is 16.6. The Kier molecular flexibility index (Phi) is 6.40. The standard InChI is InChI=1S/C22H24O5/c1-5-18(23)27-14-13-26-17-12-11-16(21(25)19(17)22(2,3)4)20(24)15-9-7-6-8-10-15/h5-12,25H,1,13-14H2,2-4H3. The average molecular weight is 368 g/mol. The summed E-state index contributed by atoms with van der Waals surface area (Å²) in [4.78, 5) is 23.8. The number of hydrogen-bond donors (Lipinski definition) is 1. The van der Waals surface area contributed by atoms with Gasteiger partial charge in [0.1, 0.15) is 24.7 Å². The molecule has 0 aliphatic carbocycles. The van der Waals surface area contributed by atoms with E-state index in [1.807, 2.05) is 26.8 Å². The second kappa shape index (κ2) is 8.54. The Bertz CT molecular complexity index is 832. The maximum absolute atomic E-state index is 12.8. The highest BCUT2D eigenvalue weighted by Crippen LogP contribution is 2.41. The van der Waals surface area contributed by atoms with Gasteiger partial charge in [-0.25, -0.2) is 4.79 Å². The summed E-state index contributed by atoms with van der Waals surface area (Å²) in [5, 5.41) is 10.8. The van der Waals surface area contributed by atoms with E-state index in [2.05, 4.69) is 6.58 Å². The highest BCUT2D eigenvalue weighted by molar-refractivity contribution is 6.11. The van der Waals surface area contributed by atoms with Gasteiger partial charge in [-0.05, 0) is 17.5 Å². The summed E-state index contributed by atoms with van der Waals surface area (Å²) >= 11 is 0. The lowest BCUT2D eigenvalue weighted by atomic mass is 9.83. The van der Waals surface area contributed by atoms with Crippen molar-refractivity contribution in [1.29, 1.82) is 0 Å². The quantitative estimate of drug-likeness (QED) is 0.346. The van der Waals surface area contributed by atoms with Crippen LogP contribution in [0.5, 0.6) is 11.5 Å². The molecule has 0 aliphatic rings. The molecule has 0 saturated heterocycles. The van der Waals surface area contributed by atoms with Crippen molar-refractivity contribution in [3.63, 3.8) is 0 Å². The van der Waals surface area contributed by atoms with Gasteiger partial charge in [-0.1, -0.05) is 57.7 Å². The molecule has 0 unspecified atom stereocenters. The van der Waals surface area contributed by atoms with Crippen LogP contribution in [0.4, 0.5) is 0 Å². The summed E-state index contributed by atoms with van der Waals surface area (Å²) in [6.45, 7) is 9.26. The molecule has 1 N–H and O–H groups in total. The second-order valence-corrected chi connectivity index (χ2v) is 7.00. The van der Waals surface area contributed by atoms with Gasteiger partial charge in [0.15, 0.2) is 5.78 Å². The van der Waals surface area contributed by atoms with E-state index in [1.165, 1.54) is 0 Å². The zero-order valence-corrected chi connectivity index (χ0v) is 15.8. The normalized spacial score (nSPS) is 10.9. The van der Waals surface area contributed by atoms with Gasteiger partial charge in [0.05, 0.1) is 5.56 Å². The molecule has 5 heteroatoms. The minimum Gasteiger partial charge on any atom is -0.507 e. The number of ketones is 1. The van der Waals surface area contributed by atoms with E-state index < -0.39 is 11.4 Å². The Balaban J connectivity index is 2.32. The third-order valence-electron chi connectivity index (χ3n) is 3.92. The summed E-state index contributed by atoms with van der Waals surface area (Å²) in [7, 11) is 0. The van der Waals surface area contributed by atoms with Crippen molar-refractivity contribution in [3.8, 4) is 11.5 Å². The highest BCUT2D eigenvalue weighted by Gasteiger charge is 2.27. The predicted molar refractivity (Wildman–Crippen MR) is 103 cm³/mol. The molecule has 0 aliphatic heterocycles. The lowest BCUT2D eigenvalue weighted by molar-refractivity contribution is -0.138. The third-order valence-corrected chi connectivity index (χ3v) is 3.92. The van der Waals surface area contributed by atoms with E-state index in [0.717, 1.165) is 6.08 Å². The predicted octanol–water partition coefficient (Wildman–Crippen LogP) is 4.03. The first-order valence-corrected chi connectivity index (χ1v) is 8.64. The lowest BCUT2D eigenvalue weighted by Gasteiger charge is -2.25. The van der Waals surface area contributed by atoms with Crippen molar-refractivity contribution in [2.24, 2.45) is 0 Å². The molecule has 0 fully saturated rings. The number of hydrogen-bond acceptors (Lipinski definition) is 5. The molecular weight excluding hydrogens is 344 g/mol. The van der Waals surface area contributed by atoms with Crippen LogP contribution in [0.3, 0.4) is 0 Å². The van der Waals surface area contributed by atoms with E-state index in [4.69, 9.17) is 9.47 Å². The van der Waals surface area contributed by atoms with E-state index in [-0.39, 0.29) is 30.3 Å². The largest absolute Gasteiger partial charge is 0.507 e. The van der Waals surface area contributed by atoms with Crippen LogP contribution in [-0.2, 0) is 14.9 Å². The molecule has 0 heterocycles. The minimum absolute atomic E-state index is 0.0555. The van der Waals surface area contributed by atoms with Crippen molar-refractivity contribution in [2.75, 3.05) is 13.2 Å². The first-order valence-electron chi connectivity index (χ1n) is 8.64. The molecule has 27 heavy (non-hydrogen) atoms. The molecule has 2 aromatic carbocycles. The summed E-state index contributed by atoms with van der Waals surface area (Å²) in [5.74, 6) is -0.442. The monoisotopic (exact) mass is 368 g/mol. The van der Waals surface area contributed by atoms with Gasteiger partial charge in [-0.2, -0.15) is 0 Å². The molecule has 142 valence electrons. The number of phenolic OH excluding ortho intramolecular Hbond substituents is 1. The van der Waals surface area contributed by atoms with Gasteiger partial charge in [0.2, 0.25) is 0 Å². The van der Waals surface area contributed by atoms with E-state index >= 15 is 0 Å². The Hall–Kier alpha value is -3.08. The van der Waals surface area contributed by atoms with Gasteiger partial charge in [0, 0.05) is 17.2 Å². The van der Waals surface area contributed by atoms with Crippen LogP contribution in [-0.4, -0.2) is 30.1 Å². The zero-order valence-electron chi connectivity index (χ0n) is 15.8. The Morgan fingerprint density at radius 1 is 1.07 bits per heavy atom. The summed E-state index contributed by atoms with van der Waals surface area (Å²) in [6, 6.07) is 12.0. The molecule has 0 aromatic heterocycles. The molecule has 2 rings (SSSR count). The van der Waals surface area contributed by atoms with E-state index in [1.54, 1.807) is 36.4 Å². The smallest absolute Gasteiger partial charge is 0.330 e. The molecule has 0 amide bonds. The summed E-state index contributed by atoms with van der Waals surface area (Å²) in [6.07, 6.45) is 1.08. The molecule has 0 saturated carbocycles. The van der Waals surface area contributed by atoms with Crippen molar-refractivity contribution in [1.82, 2.24) is 0 Å². The number of esters is 1. The molecular formula is C22H24O5. The lowest BCUT2D eigenvalue weighted by Crippen LogP contribution is -2.17. The van der Waals surface area contributed by atoms with Crippen LogP contribution in [0.1, 0.15) is 42.3 Å². The van der Waals surface area contributed by atoms with Crippen LogP contribution >= 0.6 is 0 Å². The molecule has 5 nitrogen and oxygen atoms in total. The molecule has 0 atom stereocenters. The average Bonchev–Trinajstić information content (AvgIpc) is 2.64. The van der Waals surface area contributed by atoms with Gasteiger partial charge in [0.25, 0.3) is 0 Å². The number of carbonyl (C=O) groups is 2. The third kappa shape index (κ3) is 4.97. The number of phenols is 1. The van der Waals surface area contributed by atoms with Crippen molar-refractivity contribution < 1.29 is 24.2 Å². The number of carbonyl (C=O) groups excluding carboxylic acids is 2. The Labute approximate surface area is 159 Å². The van der Waals surface area contributed by atoms with Crippen LogP contribution in [0, 0.1) is 0 Å². The summed E-state index contributed by atoms with van der Waals surface area (Å²) in [5.41, 5.74) is 0.776. The van der Waals surface area contributed by atoms with E-state index in [0.29, 0.717) is 16.9 Å². The summed E-state index contributed by atoms with van der Waals surface area (Å²) < 4.78 is 10.6. The van der Waals surface area contributed by atoms with Crippen molar-refractivity contribution >= 4 is 11.8 Å². The number of benzene rings is 2. The fourth-order valence-corrected chi connectivity index (χ4v) is 2.70. The van der Waals surface area contributed by atoms with E-state index in [9.17, 15) is 14.7 Å². The number of ether oxygens (including phenoxy) is 2. The van der Waals surface area contributed by atoms with Crippen LogP contribution in [0.2, 0.25) is 0 Å². The SMILES string of the molecule is C=CC(=O)OCCOc1ccc(C(=O)c2ccccc2)c(O)c1C(C)(C)C. The zero-order chi connectivity index (χ0) is 20.0. The van der Waals surface area contributed by atoms with Gasteiger partial charge < -0.3 is 14.6 Å². The minimum atomic E-state index is -0.527. The number of rotatable bonds is 7. The second-order valence-electron chi connectivity index (χ2n) is 7.00. The fraction of sp³-hybridized carbons (Fsp3) is 0.273. The van der Waals surface area contributed by atoms with Gasteiger partial charge >= 0.3 is 5.97 Å². The molecule has 0 radical (unpaired) electrons.